The predicted octanol–water partition coefficient (Wildman–Crippen LogP) is 7.38. The molecule has 3 heteroatoms. The molecule has 0 radical (unpaired) electrons. The van der Waals surface area contributed by atoms with Crippen LogP contribution < -0.4 is 0 Å². The van der Waals surface area contributed by atoms with E-state index in [9.17, 15) is 0 Å². The van der Waals surface area contributed by atoms with Crippen LogP contribution in [0.2, 0.25) is 0 Å². The maximum atomic E-state index is 5.40. The number of rotatable bonds is 3. The lowest BCUT2D eigenvalue weighted by Gasteiger charge is -2.15. The standard InChI is InChI=1S/C28H18N2O/c1-2-6-19(7-3-1)24-12-10-22-16-20-8-4-5-9-21(20)17-25(22)27(24)23-11-13-26(30-18-23)28-29-14-15-31-28/h1-18H. The van der Waals surface area contributed by atoms with Crippen LogP contribution in [-0.4, -0.2) is 9.97 Å². The lowest BCUT2D eigenvalue weighted by molar-refractivity contribution is 0.572. The average molecular weight is 398 g/mol. The maximum absolute atomic E-state index is 5.40. The summed E-state index contributed by atoms with van der Waals surface area (Å²) in [4.78, 5) is 8.85. The van der Waals surface area contributed by atoms with Gasteiger partial charge >= 0.3 is 0 Å². The molecule has 6 rings (SSSR count). The summed E-state index contributed by atoms with van der Waals surface area (Å²) in [6.45, 7) is 0. The zero-order valence-electron chi connectivity index (χ0n) is 16.7. The average Bonchev–Trinajstić information content (AvgIpc) is 3.38. The van der Waals surface area contributed by atoms with Crippen LogP contribution in [0.1, 0.15) is 0 Å². The molecule has 0 spiro atoms. The van der Waals surface area contributed by atoms with E-state index in [0.717, 1.165) is 11.3 Å². The molecule has 31 heavy (non-hydrogen) atoms. The molecule has 2 aromatic heterocycles. The molecule has 0 fully saturated rings. The Morgan fingerprint density at radius 2 is 1.42 bits per heavy atom. The van der Waals surface area contributed by atoms with Crippen LogP contribution in [0, 0.1) is 0 Å². The van der Waals surface area contributed by atoms with Crippen LogP contribution in [0.5, 0.6) is 0 Å². The van der Waals surface area contributed by atoms with E-state index in [0.29, 0.717) is 5.89 Å². The highest BCUT2D eigenvalue weighted by Gasteiger charge is 2.14. The van der Waals surface area contributed by atoms with Gasteiger partial charge in [0.15, 0.2) is 0 Å². The van der Waals surface area contributed by atoms with Crippen LogP contribution in [-0.2, 0) is 0 Å². The van der Waals surface area contributed by atoms with Crippen LogP contribution in [0.4, 0.5) is 0 Å². The minimum Gasteiger partial charge on any atom is -0.443 e. The molecule has 4 aromatic carbocycles. The van der Waals surface area contributed by atoms with E-state index >= 15 is 0 Å². The summed E-state index contributed by atoms with van der Waals surface area (Å²) in [7, 11) is 0. The highest BCUT2D eigenvalue weighted by Crippen LogP contribution is 2.39. The Kier molecular flexibility index (Phi) is 4.10. The number of benzene rings is 4. The van der Waals surface area contributed by atoms with E-state index in [1.165, 1.54) is 38.2 Å². The molecular weight excluding hydrogens is 380 g/mol. The Morgan fingerprint density at radius 3 is 2.16 bits per heavy atom. The van der Waals surface area contributed by atoms with Gasteiger partial charge in [0, 0.05) is 11.8 Å². The first-order valence-corrected chi connectivity index (χ1v) is 10.2. The molecule has 0 amide bonds. The third-order valence-electron chi connectivity index (χ3n) is 5.67. The van der Waals surface area contributed by atoms with Crippen molar-refractivity contribution < 1.29 is 4.42 Å². The summed E-state index contributed by atoms with van der Waals surface area (Å²) >= 11 is 0. The normalized spacial score (nSPS) is 11.2. The molecular formula is C28H18N2O. The quantitative estimate of drug-likeness (QED) is 0.292. The Bertz CT molecular complexity index is 1500. The van der Waals surface area contributed by atoms with Gasteiger partial charge in [-0.05, 0) is 56.4 Å². The highest BCUT2D eigenvalue weighted by atomic mass is 16.3. The molecule has 0 saturated heterocycles. The van der Waals surface area contributed by atoms with E-state index in [1.807, 2.05) is 18.3 Å². The van der Waals surface area contributed by atoms with Crippen LogP contribution in [0.3, 0.4) is 0 Å². The molecule has 2 heterocycles. The smallest absolute Gasteiger partial charge is 0.244 e. The molecule has 0 N–H and O–H groups in total. The fourth-order valence-electron chi connectivity index (χ4n) is 4.20. The van der Waals surface area contributed by atoms with Crippen molar-refractivity contribution in [3.63, 3.8) is 0 Å². The first kappa shape index (κ1) is 17.6. The van der Waals surface area contributed by atoms with Gasteiger partial charge in [-0.3, -0.25) is 4.98 Å². The van der Waals surface area contributed by atoms with Crippen LogP contribution in [0.25, 0.3) is 55.4 Å². The van der Waals surface area contributed by atoms with Crippen molar-refractivity contribution in [3.05, 3.63) is 110 Å². The summed E-state index contributed by atoms with van der Waals surface area (Å²) in [5.41, 5.74) is 5.34. The molecule has 0 saturated carbocycles. The number of pyridine rings is 1. The summed E-state index contributed by atoms with van der Waals surface area (Å²) in [6.07, 6.45) is 5.11. The van der Waals surface area contributed by atoms with Crippen molar-refractivity contribution >= 4 is 21.5 Å². The number of nitrogens with zero attached hydrogens (tertiary/aromatic N) is 2. The van der Waals surface area contributed by atoms with Gasteiger partial charge in [-0.2, -0.15) is 0 Å². The van der Waals surface area contributed by atoms with Gasteiger partial charge < -0.3 is 4.42 Å². The summed E-state index contributed by atoms with van der Waals surface area (Å²) in [6, 6.07) is 32.0. The van der Waals surface area contributed by atoms with Gasteiger partial charge in [0.2, 0.25) is 5.89 Å². The zero-order chi connectivity index (χ0) is 20.6. The molecule has 0 aliphatic heterocycles. The summed E-state index contributed by atoms with van der Waals surface area (Å²) < 4.78 is 5.40. The van der Waals surface area contributed by atoms with E-state index in [2.05, 4.69) is 88.8 Å². The van der Waals surface area contributed by atoms with Crippen molar-refractivity contribution in [2.24, 2.45) is 0 Å². The van der Waals surface area contributed by atoms with Crippen molar-refractivity contribution in [1.82, 2.24) is 9.97 Å². The highest BCUT2D eigenvalue weighted by molar-refractivity contribution is 6.09. The van der Waals surface area contributed by atoms with Crippen LogP contribution >= 0.6 is 0 Å². The number of hydrogen-bond acceptors (Lipinski definition) is 3. The van der Waals surface area contributed by atoms with Gasteiger partial charge in [-0.15, -0.1) is 0 Å². The first-order chi connectivity index (χ1) is 15.4. The second kappa shape index (κ2) is 7.22. The van der Waals surface area contributed by atoms with Crippen molar-refractivity contribution in [2.45, 2.75) is 0 Å². The van der Waals surface area contributed by atoms with Gasteiger partial charge in [0.05, 0.1) is 6.20 Å². The second-order valence-electron chi connectivity index (χ2n) is 7.54. The zero-order valence-corrected chi connectivity index (χ0v) is 16.7. The number of oxazole rings is 1. The van der Waals surface area contributed by atoms with Crippen molar-refractivity contribution in [3.8, 4) is 33.8 Å². The van der Waals surface area contributed by atoms with E-state index in [4.69, 9.17) is 4.42 Å². The largest absolute Gasteiger partial charge is 0.443 e. The number of aromatic nitrogens is 2. The molecule has 0 bridgehead atoms. The van der Waals surface area contributed by atoms with E-state index in [1.54, 1.807) is 12.5 Å². The molecule has 3 nitrogen and oxygen atoms in total. The Morgan fingerprint density at radius 1 is 0.613 bits per heavy atom. The minimum absolute atomic E-state index is 0.527. The Balaban J connectivity index is 1.63. The van der Waals surface area contributed by atoms with Gasteiger partial charge in [0.1, 0.15) is 12.0 Å². The molecule has 0 aliphatic rings. The fourth-order valence-corrected chi connectivity index (χ4v) is 4.20. The Labute approximate surface area is 179 Å². The van der Waals surface area contributed by atoms with Gasteiger partial charge in [-0.25, -0.2) is 4.98 Å². The molecule has 6 aromatic rings. The lowest BCUT2D eigenvalue weighted by atomic mass is 9.89. The molecule has 0 atom stereocenters. The summed E-state index contributed by atoms with van der Waals surface area (Å²) in [5.74, 6) is 0.527. The third-order valence-corrected chi connectivity index (χ3v) is 5.67. The van der Waals surface area contributed by atoms with Crippen LogP contribution in [0.15, 0.2) is 114 Å². The minimum atomic E-state index is 0.527. The number of hydrogen-bond donors (Lipinski definition) is 0. The monoisotopic (exact) mass is 398 g/mol. The molecule has 0 unspecified atom stereocenters. The van der Waals surface area contributed by atoms with Gasteiger partial charge in [-0.1, -0.05) is 72.8 Å². The van der Waals surface area contributed by atoms with E-state index < -0.39 is 0 Å². The third kappa shape index (κ3) is 3.08. The predicted molar refractivity (Wildman–Crippen MR) is 126 cm³/mol. The lowest BCUT2D eigenvalue weighted by Crippen LogP contribution is -1.91. The summed E-state index contributed by atoms with van der Waals surface area (Å²) in [5, 5.41) is 4.90. The van der Waals surface area contributed by atoms with E-state index in [-0.39, 0.29) is 0 Å². The first-order valence-electron chi connectivity index (χ1n) is 10.2. The van der Waals surface area contributed by atoms with Crippen molar-refractivity contribution in [1.29, 1.82) is 0 Å². The van der Waals surface area contributed by atoms with Crippen molar-refractivity contribution in [2.75, 3.05) is 0 Å². The topological polar surface area (TPSA) is 38.9 Å². The van der Waals surface area contributed by atoms with Gasteiger partial charge in [0.25, 0.3) is 0 Å². The number of fused-ring (bicyclic) bond motifs is 2. The molecule has 146 valence electrons. The maximum Gasteiger partial charge on any atom is 0.244 e. The Hall–Kier alpha value is -4.24. The second-order valence-corrected chi connectivity index (χ2v) is 7.54. The molecule has 0 aliphatic carbocycles. The fraction of sp³-hybridized carbons (Fsp3) is 0. The SMILES string of the molecule is c1ccc(-c2ccc3cc4ccccc4cc3c2-c2ccc(-c3ncco3)nc2)cc1.